The molecule has 2 rings (SSSR count). The second kappa shape index (κ2) is 10.0. The molecule has 2 N–H and O–H groups in total. The van der Waals surface area contributed by atoms with E-state index in [0.29, 0.717) is 25.8 Å². The molecule has 2 aliphatic rings. The standard InChI is InChI=1S/C15H22N2O6.C2H6/c1-9-6-12(18)17(13(9)19)7-10-2-4-11(5-3-10)14(20)22-8-23-15(16)21;1-2/h9-11H,2-8H2,1H3,(H2,16,21);1-2H3. The number of carbonyl (C=O) groups excluding carboxylic acids is 4. The summed E-state index contributed by atoms with van der Waals surface area (Å²) in [6.45, 7) is 5.73. The molecule has 1 aliphatic carbocycles. The molecule has 0 aromatic rings. The smallest absolute Gasteiger partial charge is 0.407 e. The van der Waals surface area contributed by atoms with Gasteiger partial charge in [0.2, 0.25) is 18.6 Å². The molecule has 1 atom stereocenters. The molecule has 0 spiro atoms. The lowest BCUT2D eigenvalue weighted by atomic mass is 9.82. The maximum absolute atomic E-state index is 11.9. The van der Waals surface area contributed by atoms with Crippen LogP contribution in [0.2, 0.25) is 0 Å². The molecule has 0 radical (unpaired) electrons. The number of ether oxygens (including phenoxy) is 2. The summed E-state index contributed by atoms with van der Waals surface area (Å²) in [6, 6.07) is 0. The monoisotopic (exact) mass is 356 g/mol. The van der Waals surface area contributed by atoms with Gasteiger partial charge in [0.25, 0.3) is 0 Å². The van der Waals surface area contributed by atoms with Crippen molar-refractivity contribution < 1.29 is 28.7 Å². The van der Waals surface area contributed by atoms with Gasteiger partial charge in [-0.15, -0.1) is 0 Å². The van der Waals surface area contributed by atoms with Crippen LogP contribution >= 0.6 is 0 Å². The zero-order valence-corrected chi connectivity index (χ0v) is 15.2. The Bertz CT molecular complexity index is 499. The summed E-state index contributed by atoms with van der Waals surface area (Å²) in [4.78, 5) is 47.3. The molecule has 0 bridgehead atoms. The molecule has 25 heavy (non-hydrogen) atoms. The number of hydrogen-bond donors (Lipinski definition) is 1. The van der Waals surface area contributed by atoms with Gasteiger partial charge in [0.05, 0.1) is 5.92 Å². The molecule has 8 heteroatoms. The third kappa shape index (κ3) is 6.03. The number of imide groups is 1. The quantitative estimate of drug-likeness (QED) is 0.456. The number of likely N-dealkylation sites (tertiary alicyclic amines) is 1. The fraction of sp³-hybridized carbons (Fsp3) is 0.765. The zero-order chi connectivity index (χ0) is 19.0. The second-order valence-electron chi connectivity index (χ2n) is 6.21. The maximum Gasteiger partial charge on any atom is 0.407 e. The number of hydrogen-bond acceptors (Lipinski definition) is 6. The Hall–Kier alpha value is -2.12. The number of esters is 1. The number of amides is 3. The molecule has 0 aromatic carbocycles. The van der Waals surface area contributed by atoms with Gasteiger partial charge < -0.3 is 15.2 Å². The van der Waals surface area contributed by atoms with Crippen molar-refractivity contribution in [2.75, 3.05) is 13.3 Å². The van der Waals surface area contributed by atoms with Gasteiger partial charge in [-0.1, -0.05) is 20.8 Å². The van der Waals surface area contributed by atoms with Gasteiger partial charge in [-0.2, -0.15) is 0 Å². The molecular formula is C17H28N2O6. The summed E-state index contributed by atoms with van der Waals surface area (Å²) in [6.07, 6.45) is 2.07. The van der Waals surface area contributed by atoms with E-state index >= 15 is 0 Å². The van der Waals surface area contributed by atoms with Crippen molar-refractivity contribution in [2.45, 2.75) is 52.9 Å². The highest BCUT2D eigenvalue weighted by Crippen LogP contribution is 2.31. The van der Waals surface area contributed by atoms with E-state index in [-0.39, 0.29) is 29.6 Å². The summed E-state index contributed by atoms with van der Waals surface area (Å²) in [7, 11) is 0. The van der Waals surface area contributed by atoms with Gasteiger partial charge in [0.15, 0.2) is 0 Å². The number of carbonyl (C=O) groups is 4. The summed E-state index contributed by atoms with van der Waals surface area (Å²) in [5.74, 6) is -0.857. The minimum atomic E-state index is -0.990. The average Bonchev–Trinajstić information content (AvgIpc) is 2.83. The number of nitrogens with two attached hydrogens (primary N) is 1. The van der Waals surface area contributed by atoms with Crippen molar-refractivity contribution in [3.63, 3.8) is 0 Å². The Morgan fingerprint density at radius 1 is 1.12 bits per heavy atom. The molecule has 1 unspecified atom stereocenters. The van der Waals surface area contributed by atoms with Crippen molar-refractivity contribution in [3.05, 3.63) is 0 Å². The van der Waals surface area contributed by atoms with Crippen LogP contribution in [-0.2, 0) is 23.9 Å². The van der Waals surface area contributed by atoms with E-state index in [1.165, 1.54) is 4.90 Å². The number of rotatable bonds is 5. The fourth-order valence-electron chi connectivity index (χ4n) is 3.14. The van der Waals surface area contributed by atoms with E-state index in [1.54, 1.807) is 6.92 Å². The molecule has 1 heterocycles. The Labute approximate surface area is 148 Å². The molecule has 142 valence electrons. The largest absolute Gasteiger partial charge is 0.428 e. The Kier molecular flexibility index (Phi) is 8.37. The van der Waals surface area contributed by atoms with Crippen LogP contribution in [-0.4, -0.2) is 42.1 Å². The van der Waals surface area contributed by atoms with Crippen LogP contribution in [0, 0.1) is 17.8 Å². The molecule has 2 fully saturated rings. The number of nitrogens with zero attached hydrogens (tertiary/aromatic N) is 1. The predicted molar refractivity (Wildman–Crippen MR) is 88.9 cm³/mol. The van der Waals surface area contributed by atoms with E-state index in [0.717, 1.165) is 12.8 Å². The third-order valence-corrected chi connectivity index (χ3v) is 4.49. The first-order chi connectivity index (χ1) is 11.9. The van der Waals surface area contributed by atoms with E-state index < -0.39 is 18.9 Å². The zero-order valence-electron chi connectivity index (χ0n) is 15.2. The van der Waals surface area contributed by atoms with Crippen molar-refractivity contribution in [1.29, 1.82) is 0 Å². The molecule has 1 saturated carbocycles. The van der Waals surface area contributed by atoms with Crippen molar-refractivity contribution in [2.24, 2.45) is 23.5 Å². The lowest BCUT2D eigenvalue weighted by Crippen LogP contribution is -2.37. The van der Waals surface area contributed by atoms with Gasteiger partial charge in [0.1, 0.15) is 0 Å². The van der Waals surface area contributed by atoms with Crippen LogP contribution in [0.5, 0.6) is 0 Å². The maximum atomic E-state index is 11.9. The van der Waals surface area contributed by atoms with Crippen molar-refractivity contribution >= 4 is 23.9 Å². The highest BCUT2D eigenvalue weighted by atomic mass is 16.7. The van der Waals surface area contributed by atoms with Crippen LogP contribution in [0.15, 0.2) is 0 Å². The van der Waals surface area contributed by atoms with E-state index in [2.05, 4.69) is 4.74 Å². The minimum absolute atomic E-state index is 0.0971. The minimum Gasteiger partial charge on any atom is -0.428 e. The van der Waals surface area contributed by atoms with Crippen LogP contribution in [0.3, 0.4) is 0 Å². The van der Waals surface area contributed by atoms with Crippen LogP contribution in [0.4, 0.5) is 4.79 Å². The lowest BCUT2D eigenvalue weighted by Gasteiger charge is -2.29. The first-order valence-electron chi connectivity index (χ1n) is 8.81. The highest BCUT2D eigenvalue weighted by molar-refractivity contribution is 6.03. The summed E-state index contributed by atoms with van der Waals surface area (Å²) in [5, 5.41) is 0. The Balaban J connectivity index is 0.00000151. The van der Waals surface area contributed by atoms with Crippen molar-refractivity contribution in [3.8, 4) is 0 Å². The van der Waals surface area contributed by atoms with Gasteiger partial charge in [-0.25, -0.2) is 4.79 Å². The summed E-state index contributed by atoms with van der Waals surface area (Å²) < 4.78 is 9.19. The molecule has 1 aliphatic heterocycles. The second-order valence-corrected chi connectivity index (χ2v) is 6.21. The first-order valence-corrected chi connectivity index (χ1v) is 8.81. The van der Waals surface area contributed by atoms with Gasteiger partial charge in [0, 0.05) is 18.9 Å². The third-order valence-electron chi connectivity index (χ3n) is 4.49. The van der Waals surface area contributed by atoms with E-state index in [9.17, 15) is 19.2 Å². The first kappa shape index (κ1) is 20.9. The Morgan fingerprint density at radius 2 is 1.72 bits per heavy atom. The van der Waals surface area contributed by atoms with Crippen LogP contribution < -0.4 is 5.73 Å². The topological polar surface area (TPSA) is 116 Å². The average molecular weight is 356 g/mol. The van der Waals surface area contributed by atoms with Crippen LogP contribution in [0.1, 0.15) is 52.9 Å². The molecule has 1 saturated heterocycles. The predicted octanol–water partition coefficient (Wildman–Crippen LogP) is 1.81. The Morgan fingerprint density at radius 3 is 2.20 bits per heavy atom. The summed E-state index contributed by atoms with van der Waals surface area (Å²) in [5.41, 5.74) is 4.77. The molecule has 8 nitrogen and oxygen atoms in total. The van der Waals surface area contributed by atoms with Gasteiger partial charge >= 0.3 is 12.1 Å². The van der Waals surface area contributed by atoms with Gasteiger partial charge in [-0.3, -0.25) is 19.3 Å². The molecule has 3 amide bonds. The SMILES string of the molecule is CC.CC1CC(=O)N(CC2CCC(C(=O)OCOC(N)=O)CC2)C1=O. The van der Waals surface area contributed by atoms with Crippen molar-refractivity contribution in [1.82, 2.24) is 4.90 Å². The highest BCUT2D eigenvalue weighted by Gasteiger charge is 2.37. The van der Waals surface area contributed by atoms with E-state index in [4.69, 9.17) is 10.5 Å². The normalized spacial score (nSPS) is 25.9. The summed E-state index contributed by atoms with van der Waals surface area (Å²) >= 11 is 0. The lowest BCUT2D eigenvalue weighted by molar-refractivity contribution is -0.158. The fourth-order valence-corrected chi connectivity index (χ4v) is 3.14. The van der Waals surface area contributed by atoms with Crippen LogP contribution in [0.25, 0.3) is 0 Å². The molecular weight excluding hydrogens is 328 g/mol. The van der Waals surface area contributed by atoms with E-state index in [1.807, 2.05) is 13.8 Å². The van der Waals surface area contributed by atoms with Gasteiger partial charge in [-0.05, 0) is 31.6 Å². The number of primary amides is 1. The molecule has 0 aromatic heterocycles.